The van der Waals surface area contributed by atoms with Crippen LogP contribution in [0.5, 0.6) is 0 Å². The number of ether oxygens (including phenoxy) is 1. The van der Waals surface area contributed by atoms with E-state index >= 15 is 0 Å². The van der Waals surface area contributed by atoms with E-state index in [1.54, 1.807) is 7.11 Å². The van der Waals surface area contributed by atoms with Gasteiger partial charge in [-0.05, 0) is 18.7 Å². The molecule has 17 heavy (non-hydrogen) atoms. The average molecular weight is 232 g/mol. The highest BCUT2D eigenvalue weighted by Gasteiger charge is 2.16. The first-order chi connectivity index (χ1) is 8.27. The topological polar surface area (TPSA) is 26.2 Å². The fraction of sp³-hybridized carbons (Fsp3) is 0.429. The number of aryl methyl sites for hydroxylation is 1. The predicted octanol–water partition coefficient (Wildman–Crippen LogP) is 2.13. The van der Waals surface area contributed by atoms with E-state index in [0.29, 0.717) is 5.92 Å². The van der Waals surface area contributed by atoms with Gasteiger partial charge in [0.15, 0.2) is 0 Å². The van der Waals surface area contributed by atoms with Crippen molar-refractivity contribution in [1.29, 1.82) is 0 Å². The van der Waals surface area contributed by atoms with Crippen LogP contribution in [-0.4, -0.2) is 31.9 Å². The summed E-state index contributed by atoms with van der Waals surface area (Å²) in [7, 11) is 5.83. The number of para-hydroxylation sites is 1. The summed E-state index contributed by atoms with van der Waals surface area (Å²) in [5.41, 5.74) is 2.64. The van der Waals surface area contributed by atoms with E-state index in [1.807, 2.05) is 7.05 Å². The molecule has 92 valence electrons. The van der Waals surface area contributed by atoms with Crippen molar-refractivity contribution in [3.8, 4) is 0 Å². The minimum absolute atomic E-state index is 0.399. The van der Waals surface area contributed by atoms with Crippen LogP contribution in [0, 0.1) is 0 Å². The zero-order valence-electron chi connectivity index (χ0n) is 10.7. The van der Waals surface area contributed by atoms with Crippen molar-refractivity contribution < 1.29 is 4.74 Å². The SMILES string of the molecule is CNCC(COC)c1cn(C)c2ccccc12. The van der Waals surface area contributed by atoms with E-state index in [9.17, 15) is 0 Å². The van der Waals surface area contributed by atoms with Crippen LogP contribution >= 0.6 is 0 Å². The van der Waals surface area contributed by atoms with E-state index in [2.05, 4.69) is 47.4 Å². The first-order valence-corrected chi connectivity index (χ1v) is 5.95. The maximum Gasteiger partial charge on any atom is 0.0543 e. The second-order valence-corrected chi connectivity index (χ2v) is 4.42. The Balaban J connectivity index is 2.45. The van der Waals surface area contributed by atoms with E-state index in [4.69, 9.17) is 4.74 Å². The van der Waals surface area contributed by atoms with Crippen LogP contribution in [0.3, 0.4) is 0 Å². The number of aromatic nitrogens is 1. The quantitative estimate of drug-likeness (QED) is 0.854. The van der Waals surface area contributed by atoms with Crippen LogP contribution in [0.15, 0.2) is 30.5 Å². The maximum absolute atomic E-state index is 5.32. The van der Waals surface area contributed by atoms with Crippen molar-refractivity contribution in [2.75, 3.05) is 27.3 Å². The van der Waals surface area contributed by atoms with Gasteiger partial charge in [-0.25, -0.2) is 0 Å². The predicted molar refractivity (Wildman–Crippen MR) is 71.5 cm³/mol. The summed E-state index contributed by atoms with van der Waals surface area (Å²) in [6.07, 6.45) is 2.21. The van der Waals surface area contributed by atoms with E-state index in [0.717, 1.165) is 13.2 Å². The Labute approximate surface area is 102 Å². The van der Waals surface area contributed by atoms with Gasteiger partial charge in [0.1, 0.15) is 0 Å². The zero-order chi connectivity index (χ0) is 12.3. The lowest BCUT2D eigenvalue weighted by Gasteiger charge is -2.14. The number of hydrogen-bond acceptors (Lipinski definition) is 2. The highest BCUT2D eigenvalue weighted by molar-refractivity contribution is 5.84. The third kappa shape index (κ3) is 2.35. The third-order valence-electron chi connectivity index (χ3n) is 3.19. The average Bonchev–Trinajstić information content (AvgIpc) is 2.67. The number of likely N-dealkylation sites (N-methyl/N-ethyl adjacent to an activating group) is 1. The molecule has 0 amide bonds. The van der Waals surface area contributed by atoms with Crippen molar-refractivity contribution in [1.82, 2.24) is 9.88 Å². The second-order valence-electron chi connectivity index (χ2n) is 4.42. The van der Waals surface area contributed by atoms with Gasteiger partial charge in [0.2, 0.25) is 0 Å². The number of nitrogens with zero attached hydrogens (tertiary/aromatic N) is 1. The molecule has 1 unspecified atom stereocenters. The van der Waals surface area contributed by atoms with Crippen LogP contribution in [0.25, 0.3) is 10.9 Å². The number of methoxy groups -OCH3 is 1. The van der Waals surface area contributed by atoms with Crippen molar-refractivity contribution in [2.45, 2.75) is 5.92 Å². The van der Waals surface area contributed by atoms with Crippen molar-refractivity contribution in [3.05, 3.63) is 36.0 Å². The molecule has 1 aromatic carbocycles. The van der Waals surface area contributed by atoms with Crippen LogP contribution < -0.4 is 5.32 Å². The second kappa shape index (κ2) is 5.34. The summed E-state index contributed by atoms with van der Waals surface area (Å²) in [6, 6.07) is 8.51. The molecule has 1 N–H and O–H groups in total. The standard InChI is InChI=1S/C14H20N2O/c1-15-8-11(10-17-3)13-9-16(2)14-7-5-4-6-12(13)14/h4-7,9,11,15H,8,10H2,1-3H3. The molecular formula is C14H20N2O. The Morgan fingerprint density at radius 1 is 1.35 bits per heavy atom. The normalized spacial score (nSPS) is 13.1. The third-order valence-corrected chi connectivity index (χ3v) is 3.19. The largest absolute Gasteiger partial charge is 0.384 e. The van der Waals surface area contributed by atoms with Gasteiger partial charge in [0.25, 0.3) is 0 Å². The van der Waals surface area contributed by atoms with Crippen molar-refractivity contribution in [2.24, 2.45) is 7.05 Å². The number of hydrogen-bond donors (Lipinski definition) is 1. The van der Waals surface area contributed by atoms with Gasteiger partial charge < -0.3 is 14.6 Å². The molecular weight excluding hydrogens is 212 g/mol. The van der Waals surface area contributed by atoms with Crippen molar-refractivity contribution >= 4 is 10.9 Å². The van der Waals surface area contributed by atoms with Crippen LogP contribution in [-0.2, 0) is 11.8 Å². The van der Waals surface area contributed by atoms with Crippen LogP contribution in [0.4, 0.5) is 0 Å². The van der Waals surface area contributed by atoms with Crippen molar-refractivity contribution in [3.63, 3.8) is 0 Å². The molecule has 0 aliphatic carbocycles. The molecule has 1 heterocycles. The molecule has 0 aliphatic heterocycles. The summed E-state index contributed by atoms with van der Waals surface area (Å²) in [6.45, 7) is 1.68. The maximum atomic E-state index is 5.32. The lowest BCUT2D eigenvalue weighted by atomic mass is 9.99. The van der Waals surface area contributed by atoms with Crippen LogP contribution in [0.1, 0.15) is 11.5 Å². The molecule has 0 aliphatic rings. The molecule has 1 atom stereocenters. The van der Waals surface area contributed by atoms with E-state index < -0.39 is 0 Å². The smallest absolute Gasteiger partial charge is 0.0543 e. The Morgan fingerprint density at radius 3 is 2.82 bits per heavy atom. The van der Waals surface area contributed by atoms with Gasteiger partial charge in [-0.1, -0.05) is 18.2 Å². The lowest BCUT2D eigenvalue weighted by Crippen LogP contribution is -2.20. The number of rotatable bonds is 5. The van der Waals surface area contributed by atoms with E-state index in [-0.39, 0.29) is 0 Å². The fourth-order valence-electron chi connectivity index (χ4n) is 2.40. The summed E-state index contributed by atoms with van der Waals surface area (Å²) in [5.74, 6) is 0.399. The lowest BCUT2D eigenvalue weighted by molar-refractivity contribution is 0.179. The molecule has 2 rings (SSSR count). The van der Waals surface area contributed by atoms with Crippen LogP contribution in [0.2, 0.25) is 0 Å². The molecule has 0 spiro atoms. The Hall–Kier alpha value is -1.32. The molecule has 0 fully saturated rings. The van der Waals surface area contributed by atoms with Gasteiger partial charge >= 0.3 is 0 Å². The molecule has 0 bridgehead atoms. The molecule has 3 nitrogen and oxygen atoms in total. The van der Waals surface area contributed by atoms with Gasteiger partial charge in [-0.2, -0.15) is 0 Å². The number of fused-ring (bicyclic) bond motifs is 1. The first-order valence-electron chi connectivity index (χ1n) is 5.95. The monoisotopic (exact) mass is 232 g/mol. The highest BCUT2D eigenvalue weighted by atomic mass is 16.5. The van der Waals surface area contributed by atoms with Gasteiger partial charge in [0, 0.05) is 43.7 Å². The summed E-state index contributed by atoms with van der Waals surface area (Å²) in [4.78, 5) is 0. The molecule has 0 saturated carbocycles. The van der Waals surface area contributed by atoms with Gasteiger partial charge in [0.05, 0.1) is 6.61 Å². The Bertz CT molecular complexity index is 484. The first kappa shape index (κ1) is 12.1. The number of benzene rings is 1. The van der Waals surface area contributed by atoms with Gasteiger partial charge in [-0.15, -0.1) is 0 Å². The molecule has 3 heteroatoms. The minimum atomic E-state index is 0.399. The minimum Gasteiger partial charge on any atom is -0.384 e. The summed E-state index contributed by atoms with van der Waals surface area (Å²) < 4.78 is 7.50. The molecule has 2 aromatic rings. The molecule has 0 saturated heterocycles. The number of nitrogens with one attached hydrogen (secondary N) is 1. The highest BCUT2D eigenvalue weighted by Crippen LogP contribution is 2.27. The summed E-state index contributed by atoms with van der Waals surface area (Å²) >= 11 is 0. The Morgan fingerprint density at radius 2 is 2.12 bits per heavy atom. The van der Waals surface area contributed by atoms with E-state index in [1.165, 1.54) is 16.5 Å². The fourth-order valence-corrected chi connectivity index (χ4v) is 2.40. The van der Waals surface area contributed by atoms with Gasteiger partial charge in [-0.3, -0.25) is 0 Å². The Kier molecular flexibility index (Phi) is 3.82. The summed E-state index contributed by atoms with van der Waals surface area (Å²) in [5, 5.41) is 4.56. The zero-order valence-corrected chi connectivity index (χ0v) is 10.7. The molecule has 1 aromatic heterocycles. The molecule has 0 radical (unpaired) electrons.